The summed E-state index contributed by atoms with van der Waals surface area (Å²) in [6, 6.07) is 11.2. The fraction of sp³-hybridized carbons (Fsp3) is 0.0714. The third-order valence-electron chi connectivity index (χ3n) is 2.54. The summed E-state index contributed by atoms with van der Waals surface area (Å²) in [6.45, 7) is 0. The van der Waals surface area contributed by atoms with Crippen LogP contribution in [0.4, 0.5) is 4.39 Å². The second-order valence-corrected chi connectivity index (χ2v) is 5.20. The lowest BCUT2D eigenvalue weighted by atomic mass is 10.0. The first-order chi connectivity index (χ1) is 8.61. The van der Waals surface area contributed by atoms with Crippen LogP contribution >= 0.6 is 31.9 Å². The van der Waals surface area contributed by atoms with Crippen LogP contribution < -0.4 is 0 Å². The number of halogens is 3. The van der Waals surface area contributed by atoms with Crippen LogP contribution in [-0.4, -0.2) is 5.78 Å². The average Bonchev–Trinajstić information content (AvgIpc) is 2.39. The summed E-state index contributed by atoms with van der Waals surface area (Å²) in [5, 5.41) is 0.685. The first-order valence-corrected chi connectivity index (χ1v) is 7.18. The highest BCUT2D eigenvalue weighted by Crippen LogP contribution is 2.22. The van der Waals surface area contributed by atoms with Gasteiger partial charge in [0.25, 0.3) is 0 Å². The van der Waals surface area contributed by atoms with Gasteiger partial charge in [-0.3, -0.25) is 4.79 Å². The van der Waals surface area contributed by atoms with Crippen LogP contribution in [0.3, 0.4) is 0 Å². The summed E-state index contributed by atoms with van der Waals surface area (Å²) in [7, 11) is 0. The van der Waals surface area contributed by atoms with Gasteiger partial charge in [-0.15, -0.1) is 0 Å². The van der Waals surface area contributed by atoms with Crippen LogP contribution in [0.15, 0.2) is 46.9 Å². The number of carbonyl (C=O) groups is 1. The van der Waals surface area contributed by atoms with Crippen molar-refractivity contribution in [2.75, 3.05) is 0 Å². The van der Waals surface area contributed by atoms with E-state index in [4.69, 9.17) is 0 Å². The van der Waals surface area contributed by atoms with Gasteiger partial charge in [0, 0.05) is 20.9 Å². The molecule has 0 heterocycles. The molecule has 0 aromatic heterocycles. The number of ketones is 1. The molecule has 0 saturated carbocycles. The zero-order valence-corrected chi connectivity index (χ0v) is 12.5. The van der Waals surface area contributed by atoms with E-state index >= 15 is 0 Å². The number of benzene rings is 2. The van der Waals surface area contributed by atoms with Crippen molar-refractivity contribution in [1.82, 2.24) is 0 Å². The molecule has 1 nitrogen and oxygen atoms in total. The third kappa shape index (κ3) is 2.87. The summed E-state index contributed by atoms with van der Waals surface area (Å²) >= 11 is 6.72. The van der Waals surface area contributed by atoms with Crippen molar-refractivity contribution in [2.24, 2.45) is 0 Å². The number of hydrogen-bond acceptors (Lipinski definition) is 1. The Bertz CT molecular complexity index is 579. The second-order valence-electron chi connectivity index (χ2n) is 3.78. The topological polar surface area (TPSA) is 17.1 Å². The van der Waals surface area contributed by atoms with Crippen LogP contribution in [0, 0.1) is 5.82 Å². The van der Waals surface area contributed by atoms with Gasteiger partial charge >= 0.3 is 0 Å². The molecule has 92 valence electrons. The molecule has 0 N–H and O–H groups in total. The first kappa shape index (κ1) is 13.4. The molecule has 0 spiro atoms. The highest BCUT2D eigenvalue weighted by Gasteiger charge is 2.13. The Morgan fingerprint density at radius 3 is 2.39 bits per heavy atom. The van der Waals surface area contributed by atoms with E-state index in [1.54, 1.807) is 0 Å². The number of rotatable bonds is 3. The number of hydrogen-bond donors (Lipinski definition) is 0. The molecule has 2 aromatic carbocycles. The van der Waals surface area contributed by atoms with Gasteiger partial charge in [-0.2, -0.15) is 0 Å². The van der Waals surface area contributed by atoms with E-state index in [2.05, 4.69) is 31.9 Å². The molecule has 0 atom stereocenters. The summed E-state index contributed by atoms with van der Waals surface area (Å²) in [5.41, 5.74) is 2.08. The van der Waals surface area contributed by atoms with Gasteiger partial charge in [-0.1, -0.05) is 37.9 Å². The van der Waals surface area contributed by atoms with Gasteiger partial charge in [-0.25, -0.2) is 4.39 Å². The Morgan fingerprint density at radius 2 is 1.78 bits per heavy atom. The first-order valence-electron chi connectivity index (χ1n) is 5.26. The predicted molar refractivity (Wildman–Crippen MR) is 76.6 cm³/mol. The summed E-state index contributed by atoms with van der Waals surface area (Å²) in [5.74, 6) is -0.468. The van der Waals surface area contributed by atoms with E-state index in [0.29, 0.717) is 16.5 Å². The lowest BCUT2D eigenvalue weighted by Gasteiger charge is -2.06. The molecule has 0 aliphatic heterocycles. The van der Waals surface area contributed by atoms with E-state index < -0.39 is 0 Å². The zero-order chi connectivity index (χ0) is 13.1. The van der Waals surface area contributed by atoms with Gasteiger partial charge in [0.05, 0.1) is 0 Å². The van der Waals surface area contributed by atoms with E-state index in [1.165, 1.54) is 24.3 Å². The molecule has 0 saturated heterocycles. The van der Waals surface area contributed by atoms with Crippen LogP contribution in [0.5, 0.6) is 0 Å². The average molecular weight is 372 g/mol. The van der Waals surface area contributed by atoms with Crippen molar-refractivity contribution in [3.8, 4) is 0 Å². The molecule has 4 heteroatoms. The summed E-state index contributed by atoms with van der Waals surface area (Å²) < 4.78 is 13.6. The van der Waals surface area contributed by atoms with E-state index in [-0.39, 0.29) is 11.6 Å². The molecule has 18 heavy (non-hydrogen) atoms. The molecule has 2 rings (SSSR count). The van der Waals surface area contributed by atoms with E-state index in [9.17, 15) is 9.18 Å². The Labute approximate surface area is 121 Å². The molecule has 0 unspecified atom stereocenters. The van der Waals surface area contributed by atoms with Crippen molar-refractivity contribution in [3.63, 3.8) is 0 Å². The minimum absolute atomic E-state index is 0.121. The van der Waals surface area contributed by atoms with Crippen LogP contribution in [0.2, 0.25) is 0 Å². The standard InChI is InChI=1S/C14H9Br2FO/c15-8-9-1-6-13(16)12(7-9)14(18)10-2-4-11(17)5-3-10/h1-7H,8H2. The van der Waals surface area contributed by atoms with Crippen molar-refractivity contribution in [3.05, 3.63) is 69.4 Å². The largest absolute Gasteiger partial charge is 0.289 e. The molecule has 0 amide bonds. The molecule has 0 aliphatic rings. The molecular weight excluding hydrogens is 363 g/mol. The monoisotopic (exact) mass is 370 g/mol. The van der Waals surface area contributed by atoms with Gasteiger partial charge in [0.15, 0.2) is 5.78 Å². The van der Waals surface area contributed by atoms with Gasteiger partial charge in [0.1, 0.15) is 5.82 Å². The molecule has 0 aliphatic carbocycles. The molecule has 0 fully saturated rings. The Kier molecular flexibility index (Phi) is 4.30. The Hall–Kier alpha value is -1.000. The molecule has 0 radical (unpaired) electrons. The second kappa shape index (κ2) is 5.76. The Balaban J connectivity index is 2.42. The Morgan fingerprint density at radius 1 is 1.11 bits per heavy atom. The van der Waals surface area contributed by atoms with Gasteiger partial charge in [0.2, 0.25) is 0 Å². The van der Waals surface area contributed by atoms with Crippen molar-refractivity contribution in [1.29, 1.82) is 0 Å². The van der Waals surface area contributed by atoms with Crippen molar-refractivity contribution in [2.45, 2.75) is 5.33 Å². The number of carbonyl (C=O) groups excluding carboxylic acids is 1. The molecule has 2 aromatic rings. The van der Waals surface area contributed by atoms with Crippen LogP contribution in [0.25, 0.3) is 0 Å². The highest BCUT2D eigenvalue weighted by molar-refractivity contribution is 9.10. The van der Waals surface area contributed by atoms with Gasteiger partial charge in [-0.05, 0) is 42.0 Å². The zero-order valence-electron chi connectivity index (χ0n) is 9.29. The lowest BCUT2D eigenvalue weighted by molar-refractivity contribution is 0.103. The van der Waals surface area contributed by atoms with E-state index in [0.717, 1.165) is 10.0 Å². The predicted octanol–water partition coefficient (Wildman–Crippen LogP) is 4.71. The van der Waals surface area contributed by atoms with Crippen molar-refractivity contribution >= 4 is 37.6 Å². The van der Waals surface area contributed by atoms with E-state index in [1.807, 2.05) is 18.2 Å². The third-order valence-corrected chi connectivity index (χ3v) is 3.88. The maximum atomic E-state index is 12.8. The maximum absolute atomic E-state index is 12.8. The normalized spacial score (nSPS) is 10.4. The SMILES string of the molecule is O=C(c1ccc(F)cc1)c1cc(CBr)ccc1Br. The minimum atomic E-state index is -0.347. The summed E-state index contributed by atoms with van der Waals surface area (Å²) in [4.78, 5) is 12.3. The highest BCUT2D eigenvalue weighted by atomic mass is 79.9. The number of alkyl halides is 1. The molecular formula is C14H9Br2FO. The maximum Gasteiger partial charge on any atom is 0.194 e. The van der Waals surface area contributed by atoms with Gasteiger partial charge < -0.3 is 0 Å². The fourth-order valence-electron chi connectivity index (χ4n) is 1.59. The lowest BCUT2D eigenvalue weighted by Crippen LogP contribution is -2.03. The quantitative estimate of drug-likeness (QED) is 0.563. The summed E-state index contributed by atoms with van der Waals surface area (Å²) in [6.07, 6.45) is 0. The fourth-order valence-corrected chi connectivity index (χ4v) is 2.36. The smallest absolute Gasteiger partial charge is 0.194 e. The van der Waals surface area contributed by atoms with Crippen molar-refractivity contribution < 1.29 is 9.18 Å². The van der Waals surface area contributed by atoms with Crippen LogP contribution in [-0.2, 0) is 5.33 Å². The minimum Gasteiger partial charge on any atom is -0.289 e. The molecule has 0 bridgehead atoms. The van der Waals surface area contributed by atoms with Crippen LogP contribution in [0.1, 0.15) is 21.5 Å².